The van der Waals surface area contributed by atoms with E-state index in [1.165, 1.54) is 44.5 Å². The molecular weight excluding hydrogens is 649 g/mol. The summed E-state index contributed by atoms with van der Waals surface area (Å²) in [5, 5.41) is 0. The zero-order chi connectivity index (χ0) is 34.7. The molecule has 8 aromatic rings. The van der Waals surface area contributed by atoms with Crippen molar-refractivity contribution in [1.29, 1.82) is 0 Å². The number of anilines is 6. The molecule has 12 rings (SSSR count). The molecule has 4 aliphatic rings. The highest BCUT2D eigenvalue weighted by atomic mass is 16.5. The lowest BCUT2D eigenvalue weighted by atomic mass is 9.70. The van der Waals surface area contributed by atoms with Crippen molar-refractivity contribution in [2.24, 2.45) is 0 Å². The van der Waals surface area contributed by atoms with E-state index in [0.717, 1.165) is 57.1 Å². The second-order valence-electron chi connectivity index (χ2n) is 14.0. The molecule has 8 aromatic carbocycles. The van der Waals surface area contributed by atoms with Gasteiger partial charge >= 0.3 is 0 Å². The van der Waals surface area contributed by atoms with Gasteiger partial charge in [-0.1, -0.05) is 115 Å². The Balaban J connectivity index is 1.16. The fourth-order valence-corrected chi connectivity index (χ4v) is 9.43. The maximum Gasteiger partial charge on any atom is 0.151 e. The van der Waals surface area contributed by atoms with Gasteiger partial charge in [-0.25, -0.2) is 0 Å². The minimum Gasteiger partial charge on any atom is -0.453 e. The van der Waals surface area contributed by atoms with Gasteiger partial charge < -0.3 is 19.3 Å². The minimum absolute atomic E-state index is 0.541. The molecule has 2 aliphatic carbocycles. The first-order valence-corrected chi connectivity index (χ1v) is 18.1. The third-order valence-corrected chi connectivity index (χ3v) is 11.4. The minimum atomic E-state index is -0.541. The van der Waals surface area contributed by atoms with Crippen molar-refractivity contribution in [3.05, 3.63) is 204 Å². The van der Waals surface area contributed by atoms with Gasteiger partial charge in [-0.15, -0.1) is 0 Å². The summed E-state index contributed by atoms with van der Waals surface area (Å²) < 4.78 is 12.9. The van der Waals surface area contributed by atoms with Crippen molar-refractivity contribution in [2.75, 3.05) is 9.80 Å². The summed E-state index contributed by atoms with van der Waals surface area (Å²) in [6.07, 6.45) is 0. The van der Waals surface area contributed by atoms with E-state index in [1.807, 2.05) is 24.3 Å². The Bertz CT molecular complexity index is 2750. The Morgan fingerprint density at radius 2 is 0.755 bits per heavy atom. The topological polar surface area (TPSA) is 24.9 Å². The maximum absolute atomic E-state index is 6.47. The van der Waals surface area contributed by atoms with Crippen LogP contribution in [0.4, 0.5) is 34.1 Å². The highest BCUT2D eigenvalue weighted by Gasteiger charge is 2.53. The summed E-state index contributed by atoms with van der Waals surface area (Å²) in [4.78, 5) is 4.74. The van der Waals surface area contributed by atoms with Crippen LogP contribution in [-0.4, -0.2) is 0 Å². The summed E-state index contributed by atoms with van der Waals surface area (Å²) in [7, 11) is 0. The van der Waals surface area contributed by atoms with E-state index in [2.05, 4.69) is 168 Å². The molecule has 1 spiro atoms. The number of para-hydroxylation sites is 8. The molecule has 0 saturated heterocycles. The summed E-state index contributed by atoms with van der Waals surface area (Å²) in [6, 6.07) is 65.3. The molecule has 248 valence electrons. The highest BCUT2D eigenvalue weighted by Crippen LogP contribution is 2.66. The fraction of sp³-hybridized carbons (Fsp3) is 0.0204. The van der Waals surface area contributed by atoms with E-state index in [1.54, 1.807) is 0 Å². The summed E-state index contributed by atoms with van der Waals surface area (Å²) in [6.45, 7) is 0. The normalized spacial score (nSPS) is 16.2. The standard InChI is InChI=1S/C49H30N2O2/c1-3-16-35-32(14-1)33-29-28-31(50-39-19-5-9-24-44(39)52-45-25-10-6-20-40(45)50)30-38(33)49(35)36-17-4-2-15-34(36)48-37(49)18-13-23-43(48)51-41-21-7-11-26-46(41)53-47-27-12-8-22-42(47)51/h1-30H. The highest BCUT2D eigenvalue weighted by molar-refractivity contribution is 6.03. The molecule has 53 heavy (non-hydrogen) atoms. The Morgan fingerprint density at radius 3 is 1.36 bits per heavy atom. The number of nitrogens with zero attached hydrogens (tertiary/aromatic N) is 2. The van der Waals surface area contributed by atoms with Crippen LogP contribution in [0.15, 0.2) is 182 Å². The van der Waals surface area contributed by atoms with Crippen molar-refractivity contribution < 1.29 is 9.47 Å². The smallest absolute Gasteiger partial charge is 0.151 e. The summed E-state index contributed by atoms with van der Waals surface area (Å²) in [5.41, 5.74) is 16.0. The van der Waals surface area contributed by atoms with E-state index in [4.69, 9.17) is 9.47 Å². The van der Waals surface area contributed by atoms with Crippen LogP contribution in [0.3, 0.4) is 0 Å². The first kappa shape index (κ1) is 28.6. The summed E-state index contributed by atoms with van der Waals surface area (Å²) >= 11 is 0. The van der Waals surface area contributed by atoms with Crippen LogP contribution in [-0.2, 0) is 5.41 Å². The van der Waals surface area contributed by atoms with Crippen molar-refractivity contribution in [1.82, 2.24) is 0 Å². The predicted molar refractivity (Wildman–Crippen MR) is 212 cm³/mol. The van der Waals surface area contributed by atoms with Crippen LogP contribution >= 0.6 is 0 Å². The van der Waals surface area contributed by atoms with E-state index < -0.39 is 5.41 Å². The molecule has 1 unspecified atom stereocenters. The van der Waals surface area contributed by atoms with Crippen LogP contribution < -0.4 is 19.3 Å². The lowest BCUT2D eigenvalue weighted by Crippen LogP contribution is -2.26. The number of fused-ring (bicyclic) bond motifs is 14. The predicted octanol–water partition coefficient (Wildman–Crippen LogP) is 13.2. The lowest BCUT2D eigenvalue weighted by molar-refractivity contribution is 0.477. The van der Waals surface area contributed by atoms with E-state index in [9.17, 15) is 0 Å². The quantitative estimate of drug-likeness (QED) is 0.182. The Labute approximate surface area is 307 Å². The second-order valence-corrected chi connectivity index (χ2v) is 14.0. The van der Waals surface area contributed by atoms with Crippen molar-refractivity contribution in [3.8, 4) is 45.3 Å². The van der Waals surface area contributed by atoms with Crippen LogP contribution in [0.1, 0.15) is 22.3 Å². The molecule has 0 amide bonds. The molecule has 0 fully saturated rings. The maximum atomic E-state index is 6.47. The summed E-state index contributed by atoms with van der Waals surface area (Å²) in [5.74, 6) is 3.38. The van der Waals surface area contributed by atoms with E-state index in [-0.39, 0.29) is 0 Å². The van der Waals surface area contributed by atoms with Gasteiger partial charge in [-0.05, 0) is 106 Å². The van der Waals surface area contributed by atoms with Crippen LogP contribution in [0.25, 0.3) is 22.3 Å². The Kier molecular flexibility index (Phi) is 5.67. The largest absolute Gasteiger partial charge is 0.453 e. The molecule has 0 N–H and O–H groups in total. The average molecular weight is 679 g/mol. The molecule has 0 radical (unpaired) electrons. The molecule has 1 atom stereocenters. The van der Waals surface area contributed by atoms with E-state index in [0.29, 0.717) is 0 Å². The molecule has 2 heterocycles. The molecule has 2 aliphatic heterocycles. The van der Waals surface area contributed by atoms with Crippen LogP contribution in [0.2, 0.25) is 0 Å². The lowest BCUT2D eigenvalue weighted by Gasteiger charge is -2.35. The van der Waals surface area contributed by atoms with Gasteiger partial charge in [0.2, 0.25) is 0 Å². The molecule has 0 bridgehead atoms. The number of ether oxygens (including phenoxy) is 2. The van der Waals surface area contributed by atoms with Crippen molar-refractivity contribution >= 4 is 34.1 Å². The van der Waals surface area contributed by atoms with Gasteiger partial charge in [0, 0.05) is 11.3 Å². The van der Waals surface area contributed by atoms with Gasteiger partial charge in [0.1, 0.15) is 0 Å². The van der Waals surface area contributed by atoms with E-state index >= 15 is 0 Å². The van der Waals surface area contributed by atoms with Crippen LogP contribution in [0.5, 0.6) is 23.0 Å². The molecule has 0 aromatic heterocycles. The molecule has 0 saturated carbocycles. The number of rotatable bonds is 2. The number of hydrogen-bond donors (Lipinski definition) is 0. The molecule has 4 nitrogen and oxygen atoms in total. The molecular formula is C49H30N2O2. The second kappa shape index (κ2) is 10.5. The number of benzene rings is 8. The van der Waals surface area contributed by atoms with Gasteiger partial charge in [-0.3, -0.25) is 0 Å². The zero-order valence-electron chi connectivity index (χ0n) is 28.5. The van der Waals surface area contributed by atoms with Crippen molar-refractivity contribution in [2.45, 2.75) is 5.41 Å². The third-order valence-electron chi connectivity index (χ3n) is 11.4. The fourth-order valence-electron chi connectivity index (χ4n) is 9.43. The Hall–Kier alpha value is -7.04. The first-order chi connectivity index (χ1) is 26.3. The monoisotopic (exact) mass is 678 g/mol. The third kappa shape index (κ3) is 3.69. The van der Waals surface area contributed by atoms with Gasteiger partial charge in [0.15, 0.2) is 23.0 Å². The average Bonchev–Trinajstić information content (AvgIpc) is 3.69. The number of hydrogen-bond acceptors (Lipinski definition) is 4. The van der Waals surface area contributed by atoms with Gasteiger partial charge in [0.25, 0.3) is 0 Å². The SMILES string of the molecule is c1ccc2c(c1)Oc1ccccc1N2c1ccc2c(c1)C1(c3ccccc3-2)c2ccccc2-c2c(N3c4ccccc4Oc4ccccc43)cccc21. The van der Waals surface area contributed by atoms with Gasteiger partial charge in [0.05, 0.1) is 33.9 Å². The Morgan fingerprint density at radius 1 is 0.321 bits per heavy atom. The van der Waals surface area contributed by atoms with Crippen molar-refractivity contribution in [3.63, 3.8) is 0 Å². The van der Waals surface area contributed by atoms with Crippen LogP contribution in [0, 0.1) is 0 Å². The molecule has 4 heteroatoms. The van der Waals surface area contributed by atoms with Gasteiger partial charge in [-0.2, -0.15) is 0 Å². The first-order valence-electron chi connectivity index (χ1n) is 18.1. The zero-order valence-corrected chi connectivity index (χ0v) is 28.5.